The fraction of sp³-hybridized carbons (Fsp3) is 0.240. The summed E-state index contributed by atoms with van der Waals surface area (Å²) < 4.78 is 1.23. The molecule has 0 aromatic heterocycles. The van der Waals surface area contributed by atoms with Gasteiger partial charge in [0.25, 0.3) is 0 Å². The van der Waals surface area contributed by atoms with Crippen LogP contribution in [-0.2, 0) is 4.79 Å². The zero-order valence-corrected chi connectivity index (χ0v) is 18.2. The van der Waals surface area contributed by atoms with Crippen LogP contribution < -0.4 is 5.32 Å². The lowest BCUT2D eigenvalue weighted by Gasteiger charge is -2.40. The van der Waals surface area contributed by atoms with Gasteiger partial charge in [0, 0.05) is 26.8 Å². The molecule has 0 fully saturated rings. The smallest absolute Gasteiger partial charge is 0.164 e. The number of rotatable bonds is 1. The van der Waals surface area contributed by atoms with Crippen molar-refractivity contribution in [3.8, 4) is 0 Å². The van der Waals surface area contributed by atoms with Crippen molar-refractivity contribution in [3.63, 3.8) is 0 Å². The molecule has 0 bridgehead atoms. The molecule has 2 nitrogen and oxygen atoms in total. The Morgan fingerprint density at radius 1 is 0.964 bits per heavy atom. The quantitative estimate of drug-likeness (QED) is 0.391. The van der Waals surface area contributed by atoms with E-state index in [4.69, 9.17) is 0 Å². The van der Waals surface area contributed by atoms with Crippen molar-refractivity contribution in [1.82, 2.24) is 0 Å². The standard InChI is InChI=1S/C25H22INO/c1-25(2)13-18-23(21(28)14-25)22-16-8-4-3-7-15(16)11-12-20(22)27-24(18)17-9-5-6-10-19(17)26/h3-12,24,27H,13-14H2,1-2H3/t24-/m0/s1. The van der Waals surface area contributed by atoms with Gasteiger partial charge in [-0.1, -0.05) is 62.4 Å². The number of hydrogen-bond donors (Lipinski definition) is 1. The number of hydrogen-bond acceptors (Lipinski definition) is 2. The Hall–Kier alpha value is -2.14. The summed E-state index contributed by atoms with van der Waals surface area (Å²) in [4.78, 5) is 13.4. The first kappa shape index (κ1) is 17.9. The minimum Gasteiger partial charge on any atom is -0.374 e. The number of Topliss-reactive ketones (excluding diaryl/α,β-unsaturated/α-hetero) is 1. The number of benzene rings is 3. The number of nitrogens with one attached hydrogen (secondary N) is 1. The average molecular weight is 479 g/mol. The van der Waals surface area contributed by atoms with E-state index < -0.39 is 0 Å². The third kappa shape index (κ3) is 2.79. The third-order valence-corrected chi connectivity index (χ3v) is 6.93. The lowest BCUT2D eigenvalue weighted by molar-refractivity contribution is -0.116. The summed E-state index contributed by atoms with van der Waals surface area (Å²) in [5, 5.41) is 6.13. The molecule has 0 amide bonds. The predicted octanol–water partition coefficient (Wildman–Crippen LogP) is 6.75. The van der Waals surface area contributed by atoms with Gasteiger partial charge >= 0.3 is 0 Å². The topological polar surface area (TPSA) is 29.1 Å². The largest absolute Gasteiger partial charge is 0.374 e. The zero-order chi connectivity index (χ0) is 19.5. The molecular weight excluding hydrogens is 457 g/mol. The number of carbonyl (C=O) groups is 1. The summed E-state index contributed by atoms with van der Waals surface area (Å²) in [5.41, 5.74) is 5.59. The molecule has 2 aliphatic rings. The Labute approximate surface area is 179 Å². The van der Waals surface area contributed by atoms with Crippen molar-refractivity contribution in [2.24, 2.45) is 5.41 Å². The van der Waals surface area contributed by atoms with Gasteiger partial charge in [-0.15, -0.1) is 0 Å². The van der Waals surface area contributed by atoms with Gasteiger partial charge in [0.1, 0.15) is 0 Å². The Kier molecular flexibility index (Phi) is 4.13. The van der Waals surface area contributed by atoms with E-state index in [0.29, 0.717) is 6.42 Å². The molecule has 1 N–H and O–H groups in total. The Bertz CT molecular complexity index is 1160. The molecule has 1 aliphatic carbocycles. The second-order valence-corrected chi connectivity index (χ2v) is 9.81. The van der Waals surface area contributed by atoms with Crippen LogP contribution in [0.4, 0.5) is 5.69 Å². The van der Waals surface area contributed by atoms with E-state index in [9.17, 15) is 4.79 Å². The van der Waals surface area contributed by atoms with Gasteiger partial charge < -0.3 is 5.32 Å². The van der Waals surface area contributed by atoms with Crippen LogP contribution in [0.5, 0.6) is 0 Å². The predicted molar refractivity (Wildman–Crippen MR) is 124 cm³/mol. The van der Waals surface area contributed by atoms with Crippen LogP contribution in [0.3, 0.4) is 0 Å². The minimum atomic E-state index is -0.0157. The summed E-state index contributed by atoms with van der Waals surface area (Å²) in [6.45, 7) is 4.42. The normalized spacial score (nSPS) is 20.5. The fourth-order valence-corrected chi connectivity index (χ4v) is 5.49. The number of ketones is 1. The van der Waals surface area contributed by atoms with Crippen LogP contribution in [0, 0.1) is 8.99 Å². The average Bonchev–Trinajstić information content (AvgIpc) is 2.66. The first-order valence-electron chi connectivity index (χ1n) is 9.74. The Morgan fingerprint density at radius 3 is 2.54 bits per heavy atom. The van der Waals surface area contributed by atoms with E-state index in [2.05, 4.69) is 102 Å². The van der Waals surface area contributed by atoms with Crippen LogP contribution in [0.25, 0.3) is 16.3 Å². The molecule has 140 valence electrons. The first-order chi connectivity index (χ1) is 13.4. The number of anilines is 1. The Balaban J connectivity index is 1.83. The van der Waals surface area contributed by atoms with Crippen LogP contribution >= 0.6 is 22.6 Å². The highest BCUT2D eigenvalue weighted by molar-refractivity contribution is 14.1. The van der Waals surface area contributed by atoms with Gasteiger partial charge in [0.15, 0.2) is 5.78 Å². The molecule has 3 aromatic carbocycles. The molecular formula is C25H22INO. The van der Waals surface area contributed by atoms with Crippen molar-refractivity contribution in [1.29, 1.82) is 0 Å². The van der Waals surface area contributed by atoms with Gasteiger partial charge in [-0.05, 0) is 68.5 Å². The van der Waals surface area contributed by atoms with Crippen LogP contribution in [-0.4, -0.2) is 5.78 Å². The number of carbonyl (C=O) groups excluding carboxylic acids is 1. The van der Waals surface area contributed by atoms with Gasteiger partial charge in [0.05, 0.1) is 6.04 Å². The lowest BCUT2D eigenvalue weighted by atomic mass is 9.68. The molecule has 1 aliphatic heterocycles. The molecule has 28 heavy (non-hydrogen) atoms. The van der Waals surface area contributed by atoms with E-state index >= 15 is 0 Å². The Morgan fingerprint density at radius 2 is 1.71 bits per heavy atom. The second kappa shape index (κ2) is 6.45. The van der Waals surface area contributed by atoms with E-state index in [1.54, 1.807) is 0 Å². The van der Waals surface area contributed by atoms with E-state index in [1.807, 2.05) is 0 Å². The van der Waals surface area contributed by atoms with Crippen molar-refractivity contribution < 1.29 is 4.79 Å². The molecule has 0 radical (unpaired) electrons. The summed E-state index contributed by atoms with van der Waals surface area (Å²) in [6.07, 6.45) is 1.53. The zero-order valence-electron chi connectivity index (χ0n) is 16.1. The summed E-state index contributed by atoms with van der Waals surface area (Å²) >= 11 is 2.41. The number of allylic oxidation sites excluding steroid dienone is 1. The monoisotopic (exact) mass is 479 g/mol. The molecule has 0 saturated heterocycles. The molecule has 3 heteroatoms. The van der Waals surface area contributed by atoms with E-state index in [1.165, 1.54) is 20.1 Å². The van der Waals surface area contributed by atoms with Crippen molar-refractivity contribution in [2.75, 3.05) is 5.32 Å². The number of halogens is 1. The molecule has 1 atom stereocenters. The van der Waals surface area contributed by atoms with Crippen molar-refractivity contribution in [2.45, 2.75) is 32.7 Å². The fourth-order valence-electron chi connectivity index (χ4n) is 4.79. The van der Waals surface area contributed by atoms with Crippen LogP contribution in [0.15, 0.2) is 66.2 Å². The molecule has 3 aromatic rings. The maximum absolute atomic E-state index is 13.4. The molecule has 1 heterocycles. The minimum absolute atomic E-state index is 0.0157. The summed E-state index contributed by atoms with van der Waals surface area (Å²) in [7, 11) is 0. The summed E-state index contributed by atoms with van der Waals surface area (Å²) in [5.74, 6) is 0.279. The maximum atomic E-state index is 13.4. The SMILES string of the molecule is CC1(C)CC(=O)C2=C(C1)[C@H](c1ccccc1I)Nc1ccc3ccccc3c12. The van der Waals surface area contributed by atoms with Gasteiger partial charge in [-0.2, -0.15) is 0 Å². The van der Waals surface area contributed by atoms with Crippen LogP contribution in [0.1, 0.15) is 43.9 Å². The highest BCUT2D eigenvalue weighted by Crippen LogP contribution is 2.52. The highest BCUT2D eigenvalue weighted by atomic mass is 127. The van der Waals surface area contributed by atoms with Gasteiger partial charge in [0.2, 0.25) is 0 Å². The van der Waals surface area contributed by atoms with Crippen molar-refractivity contribution >= 4 is 50.4 Å². The van der Waals surface area contributed by atoms with Gasteiger partial charge in [-0.3, -0.25) is 4.79 Å². The molecule has 0 saturated carbocycles. The number of fused-ring (bicyclic) bond motifs is 4. The lowest BCUT2D eigenvalue weighted by Crippen LogP contribution is -2.32. The van der Waals surface area contributed by atoms with E-state index in [0.717, 1.165) is 28.6 Å². The first-order valence-corrected chi connectivity index (χ1v) is 10.8. The summed E-state index contributed by atoms with van der Waals surface area (Å²) in [6, 6.07) is 21.2. The van der Waals surface area contributed by atoms with E-state index in [-0.39, 0.29) is 17.2 Å². The van der Waals surface area contributed by atoms with Gasteiger partial charge in [-0.25, -0.2) is 0 Å². The molecule has 0 spiro atoms. The van der Waals surface area contributed by atoms with Crippen LogP contribution in [0.2, 0.25) is 0 Å². The third-order valence-electron chi connectivity index (χ3n) is 5.95. The molecule has 5 rings (SSSR count). The molecule has 0 unspecified atom stereocenters. The highest BCUT2D eigenvalue weighted by Gasteiger charge is 2.40. The maximum Gasteiger partial charge on any atom is 0.164 e. The second-order valence-electron chi connectivity index (χ2n) is 8.65. The van der Waals surface area contributed by atoms with Crippen molar-refractivity contribution in [3.05, 3.63) is 80.9 Å².